The van der Waals surface area contributed by atoms with Crippen molar-refractivity contribution in [2.24, 2.45) is 11.3 Å². The Hall–Kier alpha value is -1.33. The highest BCUT2D eigenvalue weighted by molar-refractivity contribution is 6.33. The van der Waals surface area contributed by atoms with E-state index in [2.05, 4.69) is 10.3 Å². The van der Waals surface area contributed by atoms with Crippen molar-refractivity contribution in [1.29, 1.82) is 0 Å². The lowest BCUT2D eigenvalue weighted by Crippen LogP contribution is -2.35. The number of aliphatic carboxylic acids is 1. The molecule has 7 heteroatoms. The molecule has 21 heavy (non-hydrogen) atoms. The van der Waals surface area contributed by atoms with Crippen LogP contribution < -0.4 is 5.32 Å². The molecule has 1 heterocycles. The highest BCUT2D eigenvalue weighted by atomic mass is 35.5. The van der Waals surface area contributed by atoms with Gasteiger partial charge in [-0.2, -0.15) is 0 Å². The molecule has 0 aliphatic carbocycles. The van der Waals surface area contributed by atoms with Crippen molar-refractivity contribution in [3.8, 4) is 0 Å². The average molecular weight is 333 g/mol. The van der Waals surface area contributed by atoms with Crippen molar-refractivity contribution in [1.82, 2.24) is 10.3 Å². The molecular formula is C14H18Cl2N2O3. The fraction of sp³-hybridized carbons (Fsp3) is 0.500. The lowest BCUT2D eigenvalue weighted by Gasteiger charge is -2.23. The van der Waals surface area contributed by atoms with E-state index in [1.54, 1.807) is 0 Å². The Kier molecular flexibility index (Phi) is 5.98. The van der Waals surface area contributed by atoms with Crippen LogP contribution >= 0.6 is 23.2 Å². The van der Waals surface area contributed by atoms with Crippen molar-refractivity contribution in [3.63, 3.8) is 0 Å². The van der Waals surface area contributed by atoms with Gasteiger partial charge in [-0.05, 0) is 24.0 Å². The smallest absolute Gasteiger partial charge is 0.308 e. The van der Waals surface area contributed by atoms with Crippen LogP contribution in [0.15, 0.2) is 12.1 Å². The van der Waals surface area contributed by atoms with Crippen LogP contribution in [0.5, 0.6) is 0 Å². The van der Waals surface area contributed by atoms with Crippen molar-refractivity contribution in [2.75, 3.05) is 6.54 Å². The number of carbonyl (C=O) groups excluding carboxylic acids is 1. The number of carbonyl (C=O) groups is 2. The summed E-state index contributed by atoms with van der Waals surface area (Å²) >= 11 is 11.4. The molecule has 1 aromatic heterocycles. The van der Waals surface area contributed by atoms with E-state index in [1.807, 2.05) is 20.8 Å². The van der Waals surface area contributed by atoms with E-state index in [1.165, 1.54) is 12.1 Å². The molecule has 1 rings (SSSR count). The second-order valence-corrected chi connectivity index (χ2v) is 6.79. The summed E-state index contributed by atoms with van der Waals surface area (Å²) in [6.45, 7) is 5.90. The van der Waals surface area contributed by atoms with Crippen LogP contribution in [0.3, 0.4) is 0 Å². The second-order valence-electron chi connectivity index (χ2n) is 6.01. The number of nitrogens with one attached hydrogen (secondary N) is 1. The predicted octanol–water partition coefficient (Wildman–Crippen LogP) is 3.26. The molecule has 1 aromatic rings. The normalized spacial score (nSPS) is 12.8. The van der Waals surface area contributed by atoms with E-state index in [4.69, 9.17) is 23.2 Å². The first-order valence-corrected chi connectivity index (χ1v) is 7.18. The number of rotatable bonds is 5. The van der Waals surface area contributed by atoms with E-state index in [0.29, 0.717) is 6.42 Å². The summed E-state index contributed by atoms with van der Waals surface area (Å²) in [5, 5.41) is 12.0. The first kappa shape index (κ1) is 17.7. The maximum Gasteiger partial charge on any atom is 0.308 e. The molecule has 0 aromatic carbocycles. The SMILES string of the molecule is CC(C)(C)CC(CNC(=O)c1cc(Cl)nc(Cl)c1)C(=O)O. The third kappa shape index (κ3) is 6.31. The van der Waals surface area contributed by atoms with Crippen molar-refractivity contribution < 1.29 is 14.7 Å². The number of pyridine rings is 1. The monoisotopic (exact) mass is 332 g/mol. The Morgan fingerprint density at radius 3 is 2.24 bits per heavy atom. The van der Waals surface area contributed by atoms with E-state index in [-0.39, 0.29) is 27.8 Å². The van der Waals surface area contributed by atoms with Crippen LogP contribution in [0.1, 0.15) is 37.6 Å². The fourth-order valence-corrected chi connectivity index (χ4v) is 2.36. The minimum absolute atomic E-state index is 0.0446. The third-order valence-corrected chi connectivity index (χ3v) is 3.13. The molecule has 2 N–H and O–H groups in total. The predicted molar refractivity (Wildman–Crippen MR) is 81.8 cm³/mol. The van der Waals surface area contributed by atoms with Gasteiger partial charge in [-0.1, -0.05) is 44.0 Å². The van der Waals surface area contributed by atoms with Gasteiger partial charge in [0.25, 0.3) is 5.91 Å². The summed E-state index contributed by atoms with van der Waals surface area (Å²) in [5.41, 5.74) is 0.108. The molecule has 0 radical (unpaired) electrons. The lowest BCUT2D eigenvalue weighted by atomic mass is 9.84. The Morgan fingerprint density at radius 1 is 1.29 bits per heavy atom. The van der Waals surface area contributed by atoms with E-state index in [9.17, 15) is 14.7 Å². The summed E-state index contributed by atoms with van der Waals surface area (Å²) in [5.74, 6) is -2.01. The largest absolute Gasteiger partial charge is 0.481 e. The van der Waals surface area contributed by atoms with Gasteiger partial charge in [0, 0.05) is 12.1 Å². The number of aromatic nitrogens is 1. The van der Waals surface area contributed by atoms with Gasteiger partial charge in [0.1, 0.15) is 10.3 Å². The van der Waals surface area contributed by atoms with E-state index < -0.39 is 17.8 Å². The lowest BCUT2D eigenvalue weighted by molar-refractivity contribution is -0.142. The molecule has 0 saturated carbocycles. The van der Waals surface area contributed by atoms with Gasteiger partial charge in [-0.3, -0.25) is 9.59 Å². The molecule has 1 atom stereocenters. The molecule has 0 aliphatic heterocycles. The van der Waals surface area contributed by atoms with E-state index in [0.717, 1.165) is 0 Å². The Labute approximate surface area is 133 Å². The van der Waals surface area contributed by atoms with E-state index >= 15 is 0 Å². The molecule has 0 fully saturated rings. The molecule has 0 bridgehead atoms. The summed E-state index contributed by atoms with van der Waals surface area (Å²) in [6, 6.07) is 2.75. The maximum atomic E-state index is 12.0. The van der Waals surface area contributed by atoms with Crippen LogP contribution in [0.4, 0.5) is 0 Å². The maximum absolute atomic E-state index is 12.0. The minimum Gasteiger partial charge on any atom is -0.481 e. The second kappa shape index (κ2) is 7.09. The molecule has 0 spiro atoms. The van der Waals surface area contributed by atoms with Gasteiger partial charge >= 0.3 is 5.97 Å². The number of nitrogens with zero attached hydrogens (tertiary/aromatic N) is 1. The van der Waals surface area contributed by atoms with Crippen LogP contribution in [-0.2, 0) is 4.79 Å². The average Bonchev–Trinajstić information content (AvgIpc) is 2.31. The van der Waals surface area contributed by atoms with Crippen LogP contribution in [0, 0.1) is 11.3 Å². The number of halogens is 2. The summed E-state index contributed by atoms with van der Waals surface area (Å²) in [4.78, 5) is 27.0. The number of carboxylic acid groups (broad SMARTS) is 1. The minimum atomic E-state index is -0.934. The van der Waals surface area contributed by atoms with Gasteiger partial charge in [0.15, 0.2) is 0 Å². The summed E-state index contributed by atoms with van der Waals surface area (Å²) in [7, 11) is 0. The molecule has 0 saturated heterocycles. The zero-order valence-corrected chi connectivity index (χ0v) is 13.6. The molecule has 116 valence electrons. The number of amides is 1. The van der Waals surface area contributed by atoms with Gasteiger partial charge in [-0.25, -0.2) is 4.98 Å². The Balaban J connectivity index is 2.71. The number of hydrogen-bond donors (Lipinski definition) is 2. The standard InChI is InChI=1S/C14H18Cl2N2O3/c1-14(2,3)6-9(13(20)21)7-17-12(19)8-4-10(15)18-11(16)5-8/h4-5,9H,6-7H2,1-3H3,(H,17,19)(H,20,21). The highest BCUT2D eigenvalue weighted by Gasteiger charge is 2.25. The van der Waals surface area contributed by atoms with Gasteiger partial charge in [-0.15, -0.1) is 0 Å². The summed E-state index contributed by atoms with van der Waals surface area (Å²) < 4.78 is 0. The molecule has 1 unspecified atom stereocenters. The van der Waals surface area contributed by atoms with Crippen LogP contribution in [0.2, 0.25) is 10.3 Å². The quantitative estimate of drug-likeness (QED) is 0.811. The number of hydrogen-bond acceptors (Lipinski definition) is 3. The molecule has 0 aliphatic rings. The van der Waals surface area contributed by atoms with Gasteiger partial charge in [0.05, 0.1) is 5.92 Å². The fourth-order valence-electron chi connectivity index (χ4n) is 1.90. The number of carboxylic acids is 1. The first-order valence-electron chi connectivity index (χ1n) is 6.42. The molecule has 1 amide bonds. The van der Waals surface area contributed by atoms with Crippen molar-refractivity contribution in [3.05, 3.63) is 28.0 Å². The molecular weight excluding hydrogens is 315 g/mol. The van der Waals surface area contributed by atoms with Crippen molar-refractivity contribution in [2.45, 2.75) is 27.2 Å². The summed E-state index contributed by atoms with van der Waals surface area (Å²) in [6.07, 6.45) is 0.459. The zero-order chi connectivity index (χ0) is 16.2. The Bertz CT molecular complexity index is 521. The first-order chi connectivity index (χ1) is 9.58. The topological polar surface area (TPSA) is 79.3 Å². The highest BCUT2D eigenvalue weighted by Crippen LogP contribution is 2.24. The van der Waals surface area contributed by atoms with Gasteiger partial charge < -0.3 is 10.4 Å². The zero-order valence-electron chi connectivity index (χ0n) is 12.1. The van der Waals surface area contributed by atoms with Crippen LogP contribution in [-0.4, -0.2) is 28.5 Å². The van der Waals surface area contributed by atoms with Crippen LogP contribution in [0.25, 0.3) is 0 Å². The molecule has 5 nitrogen and oxygen atoms in total. The van der Waals surface area contributed by atoms with Crippen molar-refractivity contribution >= 4 is 35.1 Å². The van der Waals surface area contributed by atoms with Gasteiger partial charge in [0.2, 0.25) is 0 Å². The third-order valence-electron chi connectivity index (χ3n) is 2.74. The Morgan fingerprint density at radius 2 is 1.81 bits per heavy atom.